The van der Waals surface area contributed by atoms with Gasteiger partial charge >= 0.3 is 0 Å². The summed E-state index contributed by atoms with van der Waals surface area (Å²) in [5, 5.41) is 9.01. The monoisotopic (exact) mass is 236 g/mol. The van der Waals surface area contributed by atoms with Crippen molar-refractivity contribution in [1.82, 2.24) is 0 Å². The van der Waals surface area contributed by atoms with Crippen LogP contribution in [-0.4, -0.2) is 17.5 Å². The minimum Gasteiger partial charge on any atom is -0.393 e. The van der Waals surface area contributed by atoms with Crippen LogP contribution in [0.1, 0.15) is 39.7 Å². The second-order valence-corrected chi connectivity index (χ2v) is 5.36. The quantitative estimate of drug-likeness (QED) is 0.818. The molecule has 0 aromatic heterocycles. The van der Waals surface area contributed by atoms with E-state index < -0.39 is 0 Å². The summed E-state index contributed by atoms with van der Waals surface area (Å²) >= 11 is 0. The fourth-order valence-electron chi connectivity index (χ4n) is 1.02. The van der Waals surface area contributed by atoms with Gasteiger partial charge < -0.3 is 9.90 Å². The number of benzene rings is 1. The van der Waals surface area contributed by atoms with Crippen LogP contribution in [0.2, 0.25) is 0 Å². The molecule has 1 N–H and O–H groups in total. The SMILES string of the molecule is CC(C)(C)C=O.C[C@@H](O)CCc1ccccc1. The summed E-state index contributed by atoms with van der Waals surface area (Å²) in [5.41, 5.74) is 1.16. The first-order valence-corrected chi connectivity index (χ1v) is 6.03. The third-order valence-electron chi connectivity index (χ3n) is 2.05. The number of aldehydes is 1. The van der Waals surface area contributed by atoms with Gasteiger partial charge in [-0.2, -0.15) is 0 Å². The zero-order chi connectivity index (χ0) is 13.3. The molecule has 0 saturated heterocycles. The molecule has 2 heteroatoms. The molecule has 1 atom stereocenters. The van der Waals surface area contributed by atoms with Gasteiger partial charge in [-0.15, -0.1) is 0 Å². The third-order valence-corrected chi connectivity index (χ3v) is 2.05. The lowest BCUT2D eigenvalue weighted by Gasteiger charge is -2.03. The average Bonchev–Trinajstić information content (AvgIpc) is 2.28. The smallest absolute Gasteiger partial charge is 0.125 e. The molecular weight excluding hydrogens is 212 g/mol. The zero-order valence-electron chi connectivity index (χ0n) is 11.3. The Morgan fingerprint density at radius 3 is 2.06 bits per heavy atom. The van der Waals surface area contributed by atoms with Crippen molar-refractivity contribution in [3.8, 4) is 0 Å². The third kappa shape index (κ3) is 11.1. The molecule has 0 heterocycles. The van der Waals surface area contributed by atoms with E-state index in [1.165, 1.54) is 5.56 Å². The maximum Gasteiger partial charge on any atom is 0.125 e. The Balaban J connectivity index is 0.000000366. The van der Waals surface area contributed by atoms with Crippen LogP contribution in [0.4, 0.5) is 0 Å². The lowest BCUT2D eigenvalue weighted by Crippen LogP contribution is -2.04. The van der Waals surface area contributed by atoms with Crippen molar-refractivity contribution in [2.45, 2.75) is 46.6 Å². The molecule has 0 saturated carbocycles. The molecule has 0 radical (unpaired) electrons. The van der Waals surface area contributed by atoms with E-state index in [4.69, 9.17) is 5.11 Å². The second kappa shape index (κ2) is 8.02. The standard InChI is InChI=1S/C10H14O.C5H10O/c1-9(11)7-8-10-5-3-2-4-6-10;1-5(2,3)4-6/h2-6,9,11H,7-8H2,1H3;4H,1-3H3/t9-;/m1./s1. The number of aliphatic hydroxyl groups excluding tert-OH is 1. The molecule has 0 unspecified atom stereocenters. The fraction of sp³-hybridized carbons (Fsp3) is 0.533. The van der Waals surface area contributed by atoms with Gasteiger partial charge in [-0.3, -0.25) is 0 Å². The topological polar surface area (TPSA) is 37.3 Å². The lowest BCUT2D eigenvalue weighted by molar-refractivity contribution is -0.113. The van der Waals surface area contributed by atoms with Crippen molar-refractivity contribution >= 4 is 6.29 Å². The average molecular weight is 236 g/mol. The summed E-state index contributed by atoms with van der Waals surface area (Å²) in [6, 6.07) is 10.2. The Bertz CT molecular complexity index is 296. The molecule has 1 aromatic rings. The molecule has 1 rings (SSSR count). The first kappa shape index (κ1) is 15.9. The van der Waals surface area contributed by atoms with Crippen LogP contribution in [0.5, 0.6) is 0 Å². The highest BCUT2D eigenvalue weighted by atomic mass is 16.3. The van der Waals surface area contributed by atoms with Crippen LogP contribution < -0.4 is 0 Å². The van der Waals surface area contributed by atoms with Gasteiger partial charge in [0.2, 0.25) is 0 Å². The molecule has 96 valence electrons. The Kier molecular flexibility index (Phi) is 7.47. The normalized spacial score (nSPS) is 12.3. The van der Waals surface area contributed by atoms with E-state index in [-0.39, 0.29) is 11.5 Å². The number of carbonyl (C=O) groups excluding carboxylic acids is 1. The van der Waals surface area contributed by atoms with Crippen LogP contribution in [0.25, 0.3) is 0 Å². The predicted molar refractivity (Wildman–Crippen MR) is 72.0 cm³/mol. The summed E-state index contributed by atoms with van der Waals surface area (Å²) in [4.78, 5) is 9.83. The zero-order valence-corrected chi connectivity index (χ0v) is 11.3. The molecule has 0 spiro atoms. The molecule has 0 aliphatic rings. The second-order valence-electron chi connectivity index (χ2n) is 5.36. The van der Waals surface area contributed by atoms with Crippen molar-refractivity contribution in [2.24, 2.45) is 5.41 Å². The van der Waals surface area contributed by atoms with Gasteiger partial charge in [0, 0.05) is 5.41 Å². The van der Waals surface area contributed by atoms with Crippen LogP contribution >= 0.6 is 0 Å². The van der Waals surface area contributed by atoms with Gasteiger partial charge in [-0.25, -0.2) is 0 Å². The van der Waals surface area contributed by atoms with Gasteiger partial charge in [-0.1, -0.05) is 51.1 Å². The van der Waals surface area contributed by atoms with Crippen LogP contribution in [0.15, 0.2) is 30.3 Å². The Hall–Kier alpha value is -1.15. The van der Waals surface area contributed by atoms with E-state index in [1.54, 1.807) is 0 Å². The largest absolute Gasteiger partial charge is 0.393 e. The molecule has 2 nitrogen and oxygen atoms in total. The molecule has 0 amide bonds. The number of aryl methyl sites for hydroxylation is 1. The Morgan fingerprint density at radius 2 is 1.71 bits per heavy atom. The van der Waals surface area contributed by atoms with Crippen molar-refractivity contribution in [3.63, 3.8) is 0 Å². The molecule has 1 aromatic carbocycles. The molecule has 0 fully saturated rings. The van der Waals surface area contributed by atoms with Crippen molar-refractivity contribution < 1.29 is 9.90 Å². The van der Waals surface area contributed by atoms with E-state index in [2.05, 4.69) is 12.1 Å². The van der Waals surface area contributed by atoms with Crippen molar-refractivity contribution in [1.29, 1.82) is 0 Å². The molecule has 0 bridgehead atoms. The highest BCUT2D eigenvalue weighted by Crippen LogP contribution is 2.05. The van der Waals surface area contributed by atoms with Gasteiger partial charge in [0.25, 0.3) is 0 Å². The predicted octanol–water partition coefficient (Wildman–Crippen LogP) is 3.23. The van der Waals surface area contributed by atoms with E-state index in [9.17, 15) is 4.79 Å². The lowest BCUT2D eigenvalue weighted by atomic mass is 10.0. The van der Waals surface area contributed by atoms with Crippen LogP contribution in [0.3, 0.4) is 0 Å². The Morgan fingerprint density at radius 1 is 1.24 bits per heavy atom. The van der Waals surface area contributed by atoms with Gasteiger partial charge in [0.05, 0.1) is 6.10 Å². The fourth-order valence-corrected chi connectivity index (χ4v) is 1.02. The van der Waals surface area contributed by atoms with Gasteiger partial charge in [-0.05, 0) is 25.3 Å². The number of hydrogen-bond acceptors (Lipinski definition) is 2. The van der Waals surface area contributed by atoms with E-state index in [1.807, 2.05) is 45.9 Å². The van der Waals surface area contributed by atoms with E-state index >= 15 is 0 Å². The number of hydrogen-bond donors (Lipinski definition) is 1. The van der Waals surface area contributed by atoms with Crippen molar-refractivity contribution in [2.75, 3.05) is 0 Å². The van der Waals surface area contributed by atoms with Gasteiger partial charge in [0.1, 0.15) is 6.29 Å². The molecule has 0 aliphatic heterocycles. The summed E-state index contributed by atoms with van der Waals surface area (Å²) in [5.74, 6) is 0. The van der Waals surface area contributed by atoms with Crippen LogP contribution in [0, 0.1) is 5.41 Å². The van der Waals surface area contributed by atoms with E-state index in [0.717, 1.165) is 19.1 Å². The summed E-state index contributed by atoms with van der Waals surface area (Å²) < 4.78 is 0. The summed E-state index contributed by atoms with van der Waals surface area (Å²) in [7, 11) is 0. The number of aliphatic hydroxyl groups is 1. The number of carbonyl (C=O) groups is 1. The first-order chi connectivity index (χ1) is 7.85. The summed E-state index contributed by atoms with van der Waals surface area (Å²) in [6.45, 7) is 7.45. The number of rotatable bonds is 3. The summed E-state index contributed by atoms with van der Waals surface area (Å²) in [6.07, 6.45) is 2.57. The van der Waals surface area contributed by atoms with E-state index in [0.29, 0.717) is 0 Å². The van der Waals surface area contributed by atoms with Crippen LogP contribution in [-0.2, 0) is 11.2 Å². The van der Waals surface area contributed by atoms with Crippen molar-refractivity contribution in [3.05, 3.63) is 35.9 Å². The minimum atomic E-state index is -0.185. The Labute approximate surface area is 105 Å². The maximum absolute atomic E-state index is 9.83. The molecule has 17 heavy (non-hydrogen) atoms. The molecular formula is C15H24O2. The first-order valence-electron chi connectivity index (χ1n) is 6.03. The molecule has 0 aliphatic carbocycles. The van der Waals surface area contributed by atoms with Gasteiger partial charge in [0.15, 0.2) is 0 Å². The minimum absolute atomic E-state index is 0.139. The highest BCUT2D eigenvalue weighted by Gasteiger charge is 2.04. The maximum atomic E-state index is 9.83. The highest BCUT2D eigenvalue weighted by molar-refractivity contribution is 5.56.